The van der Waals surface area contributed by atoms with Crippen LogP contribution in [0.3, 0.4) is 0 Å². The quantitative estimate of drug-likeness (QED) is 0.264. The van der Waals surface area contributed by atoms with Crippen LogP contribution in [0, 0.1) is 0 Å². The Hall–Kier alpha value is -2.76. The third-order valence-electron chi connectivity index (χ3n) is 4.13. The summed E-state index contributed by atoms with van der Waals surface area (Å²) in [5, 5.41) is 10.7. The first kappa shape index (κ1) is 24.5. The summed E-state index contributed by atoms with van der Waals surface area (Å²) in [5.41, 5.74) is 2.86. The van der Waals surface area contributed by atoms with Gasteiger partial charge in [-0.05, 0) is 29.8 Å². The molecular formula is C21H23F3IN5O. The maximum absolute atomic E-state index is 12.2. The lowest BCUT2D eigenvalue weighted by molar-refractivity contribution is -0.153. The van der Waals surface area contributed by atoms with Gasteiger partial charge in [0.15, 0.2) is 12.6 Å². The van der Waals surface area contributed by atoms with E-state index in [0.29, 0.717) is 19.0 Å². The molecular weight excluding hydrogens is 522 g/mol. The van der Waals surface area contributed by atoms with Crippen molar-refractivity contribution in [1.82, 2.24) is 20.4 Å². The lowest BCUT2D eigenvalue weighted by Crippen LogP contribution is -2.36. The Balaban J connectivity index is 0.00000341. The van der Waals surface area contributed by atoms with E-state index in [2.05, 4.69) is 20.7 Å². The second-order valence-corrected chi connectivity index (χ2v) is 6.46. The van der Waals surface area contributed by atoms with Crippen molar-refractivity contribution in [3.63, 3.8) is 0 Å². The molecule has 6 nitrogen and oxygen atoms in total. The minimum absolute atomic E-state index is 0. The molecule has 166 valence electrons. The van der Waals surface area contributed by atoms with E-state index in [9.17, 15) is 13.2 Å². The van der Waals surface area contributed by atoms with Crippen molar-refractivity contribution >= 4 is 29.9 Å². The number of nitrogens with zero attached hydrogens (tertiary/aromatic N) is 3. The molecule has 2 N–H and O–H groups in total. The molecule has 0 unspecified atom stereocenters. The average molecular weight is 545 g/mol. The monoisotopic (exact) mass is 545 g/mol. The smallest absolute Gasteiger partial charge is 0.422 e. The molecule has 10 heteroatoms. The normalized spacial score (nSPS) is 11.5. The van der Waals surface area contributed by atoms with Crippen LogP contribution in [0.2, 0.25) is 0 Å². The predicted octanol–water partition coefficient (Wildman–Crippen LogP) is 4.30. The molecule has 3 rings (SSSR count). The molecule has 0 aliphatic rings. The van der Waals surface area contributed by atoms with Gasteiger partial charge in [0.25, 0.3) is 0 Å². The Morgan fingerprint density at radius 2 is 1.65 bits per heavy atom. The molecule has 0 aliphatic carbocycles. The van der Waals surface area contributed by atoms with Crippen molar-refractivity contribution < 1.29 is 17.9 Å². The maximum atomic E-state index is 12.2. The van der Waals surface area contributed by atoms with Crippen LogP contribution in [0.15, 0.2) is 72.0 Å². The molecule has 0 atom stereocenters. The fourth-order valence-electron chi connectivity index (χ4n) is 2.63. The van der Waals surface area contributed by atoms with Gasteiger partial charge < -0.3 is 15.4 Å². The van der Waals surface area contributed by atoms with Gasteiger partial charge in [0.2, 0.25) is 0 Å². The van der Waals surface area contributed by atoms with Gasteiger partial charge in [-0.1, -0.05) is 30.3 Å². The first-order valence-corrected chi connectivity index (χ1v) is 9.25. The van der Waals surface area contributed by atoms with Crippen LogP contribution in [0.4, 0.5) is 13.2 Å². The number of ether oxygens (including phenoxy) is 1. The second-order valence-electron chi connectivity index (χ2n) is 6.46. The van der Waals surface area contributed by atoms with E-state index in [0.717, 1.165) is 16.8 Å². The highest BCUT2D eigenvalue weighted by molar-refractivity contribution is 14.0. The van der Waals surface area contributed by atoms with Gasteiger partial charge in [-0.15, -0.1) is 24.0 Å². The minimum atomic E-state index is -4.35. The van der Waals surface area contributed by atoms with E-state index in [1.54, 1.807) is 30.1 Å². The number of benzene rings is 2. The first-order valence-electron chi connectivity index (χ1n) is 9.25. The van der Waals surface area contributed by atoms with Crippen LogP contribution >= 0.6 is 24.0 Å². The number of para-hydroxylation sites is 1. The Morgan fingerprint density at radius 1 is 1.00 bits per heavy atom. The maximum Gasteiger partial charge on any atom is 0.422 e. The number of halogens is 4. The Kier molecular flexibility index (Phi) is 9.16. The summed E-state index contributed by atoms with van der Waals surface area (Å²) in [6.07, 6.45) is -0.627. The Bertz CT molecular complexity index is 959. The molecule has 0 radical (unpaired) electrons. The summed E-state index contributed by atoms with van der Waals surface area (Å²) in [6.45, 7) is -0.304. The summed E-state index contributed by atoms with van der Waals surface area (Å²) >= 11 is 0. The lowest BCUT2D eigenvalue weighted by Gasteiger charge is -2.12. The van der Waals surface area contributed by atoms with Crippen LogP contribution in [0.25, 0.3) is 5.69 Å². The van der Waals surface area contributed by atoms with Crippen molar-refractivity contribution in [2.24, 2.45) is 4.99 Å². The van der Waals surface area contributed by atoms with Crippen molar-refractivity contribution in [3.05, 3.63) is 78.1 Å². The molecule has 0 saturated carbocycles. The number of nitrogens with one attached hydrogen (secondary N) is 2. The van der Waals surface area contributed by atoms with E-state index in [1.165, 1.54) is 12.1 Å². The minimum Gasteiger partial charge on any atom is -0.484 e. The fourth-order valence-corrected chi connectivity index (χ4v) is 2.63. The molecule has 1 aromatic heterocycles. The van der Waals surface area contributed by atoms with Crippen LogP contribution in [0.1, 0.15) is 11.1 Å². The molecule has 0 bridgehead atoms. The second kappa shape index (κ2) is 11.6. The van der Waals surface area contributed by atoms with Gasteiger partial charge in [0.05, 0.1) is 11.9 Å². The zero-order valence-corrected chi connectivity index (χ0v) is 19.1. The molecule has 0 saturated heterocycles. The largest absolute Gasteiger partial charge is 0.484 e. The number of aliphatic imine (C=N–C) groups is 1. The fraction of sp³-hybridized carbons (Fsp3) is 0.238. The van der Waals surface area contributed by atoms with Gasteiger partial charge >= 0.3 is 6.18 Å². The van der Waals surface area contributed by atoms with E-state index in [-0.39, 0.29) is 29.7 Å². The van der Waals surface area contributed by atoms with Gasteiger partial charge in [-0.25, -0.2) is 4.68 Å². The SMILES string of the molecule is CN=C(NCc1ccc(OCC(F)(F)F)cc1)NCc1cnn(-c2ccccc2)c1.I. The van der Waals surface area contributed by atoms with Crippen molar-refractivity contribution in [3.8, 4) is 11.4 Å². The number of aromatic nitrogens is 2. The standard InChI is InChI=1S/C21H22F3N5O.HI/c1-25-20(26-11-16-7-9-19(10-8-16)30-15-21(22,23)24)27-12-17-13-28-29(14-17)18-5-3-2-4-6-18;/h2-10,13-14H,11-12,15H2,1H3,(H2,25,26,27);1H. The van der Waals surface area contributed by atoms with Crippen molar-refractivity contribution in [1.29, 1.82) is 0 Å². The number of alkyl halides is 3. The third kappa shape index (κ3) is 8.12. The highest BCUT2D eigenvalue weighted by atomic mass is 127. The van der Waals surface area contributed by atoms with Crippen LogP contribution < -0.4 is 15.4 Å². The zero-order chi connectivity index (χ0) is 21.4. The molecule has 2 aromatic carbocycles. The summed E-state index contributed by atoms with van der Waals surface area (Å²) in [6, 6.07) is 16.2. The van der Waals surface area contributed by atoms with Crippen molar-refractivity contribution in [2.45, 2.75) is 19.3 Å². The molecule has 3 aromatic rings. The Morgan fingerprint density at radius 3 is 2.26 bits per heavy atom. The topological polar surface area (TPSA) is 63.5 Å². The van der Waals surface area contributed by atoms with Gasteiger partial charge in [0, 0.05) is 31.9 Å². The highest BCUT2D eigenvalue weighted by Gasteiger charge is 2.28. The average Bonchev–Trinajstić information content (AvgIpc) is 3.22. The molecule has 0 aliphatic heterocycles. The summed E-state index contributed by atoms with van der Waals surface area (Å²) in [5.74, 6) is 0.772. The van der Waals surface area contributed by atoms with E-state index in [4.69, 9.17) is 4.74 Å². The molecule has 0 spiro atoms. The molecule has 0 fully saturated rings. The number of rotatable bonds is 7. The summed E-state index contributed by atoms with van der Waals surface area (Å²) in [4.78, 5) is 4.17. The summed E-state index contributed by atoms with van der Waals surface area (Å²) < 4.78 is 43.1. The molecule has 1 heterocycles. The molecule has 0 amide bonds. The van der Waals surface area contributed by atoms with E-state index < -0.39 is 12.8 Å². The van der Waals surface area contributed by atoms with E-state index >= 15 is 0 Å². The number of hydrogen-bond donors (Lipinski definition) is 2. The van der Waals surface area contributed by atoms with Gasteiger partial charge in [0.1, 0.15) is 5.75 Å². The highest BCUT2D eigenvalue weighted by Crippen LogP contribution is 2.18. The van der Waals surface area contributed by atoms with Crippen LogP contribution in [0.5, 0.6) is 5.75 Å². The van der Waals surface area contributed by atoms with Gasteiger partial charge in [-0.3, -0.25) is 4.99 Å². The van der Waals surface area contributed by atoms with Gasteiger partial charge in [-0.2, -0.15) is 18.3 Å². The number of guanidine groups is 1. The number of hydrogen-bond acceptors (Lipinski definition) is 3. The lowest BCUT2D eigenvalue weighted by atomic mass is 10.2. The predicted molar refractivity (Wildman–Crippen MR) is 124 cm³/mol. The van der Waals surface area contributed by atoms with E-state index in [1.807, 2.05) is 36.5 Å². The summed E-state index contributed by atoms with van der Waals surface area (Å²) in [7, 11) is 1.66. The molecule has 31 heavy (non-hydrogen) atoms. The van der Waals surface area contributed by atoms with Crippen LogP contribution in [-0.4, -0.2) is 35.6 Å². The third-order valence-corrected chi connectivity index (χ3v) is 4.13. The zero-order valence-electron chi connectivity index (χ0n) is 16.8. The van der Waals surface area contributed by atoms with Crippen LogP contribution in [-0.2, 0) is 13.1 Å². The van der Waals surface area contributed by atoms with Crippen molar-refractivity contribution in [2.75, 3.05) is 13.7 Å². The Labute approximate surface area is 195 Å². The first-order chi connectivity index (χ1) is 14.4.